The number of hydrogen-bond donors (Lipinski definition) is 0. The van der Waals surface area contributed by atoms with Crippen molar-refractivity contribution in [1.82, 2.24) is 4.57 Å². The number of carbonyl (C=O) groups excluding carboxylic acids is 1. The highest BCUT2D eigenvalue weighted by Gasteiger charge is 2.17. The van der Waals surface area contributed by atoms with Crippen LogP contribution in [0.4, 0.5) is 0 Å². The highest BCUT2D eigenvalue weighted by molar-refractivity contribution is 14.1. The Hall–Kier alpha value is -0.520. The lowest BCUT2D eigenvalue weighted by molar-refractivity contribution is 0.102. The van der Waals surface area contributed by atoms with E-state index < -0.39 is 0 Å². The molecule has 0 saturated carbocycles. The van der Waals surface area contributed by atoms with Crippen molar-refractivity contribution in [2.24, 2.45) is 0 Å². The largest absolute Gasteiger partial charge is 0.316 e. The van der Waals surface area contributed by atoms with Crippen molar-refractivity contribution in [3.05, 3.63) is 49.8 Å². The van der Waals surface area contributed by atoms with Gasteiger partial charge in [-0.25, -0.2) is 0 Å². The normalized spacial score (nSPS) is 10.8. The number of benzene rings is 1. The molecular formula is C14H12Cl2INO. The van der Waals surface area contributed by atoms with Crippen LogP contribution in [0.25, 0.3) is 5.69 Å². The summed E-state index contributed by atoms with van der Waals surface area (Å²) in [5.74, 6) is -0.0762. The van der Waals surface area contributed by atoms with Crippen LogP contribution in [0.1, 0.15) is 21.7 Å². The number of Topliss-reactive ketones (excluding diaryl/α,β-unsaturated/α-hetero) is 1. The molecule has 1 aromatic heterocycles. The molecule has 0 unspecified atom stereocenters. The van der Waals surface area contributed by atoms with Crippen LogP contribution in [-0.4, -0.2) is 16.2 Å². The first-order valence-electron chi connectivity index (χ1n) is 5.69. The van der Waals surface area contributed by atoms with Crippen molar-refractivity contribution in [3.63, 3.8) is 0 Å². The maximum absolute atomic E-state index is 11.8. The molecule has 5 heteroatoms. The third-order valence-corrected chi connectivity index (χ3v) is 4.22. The lowest BCUT2D eigenvalue weighted by atomic mass is 10.2. The van der Waals surface area contributed by atoms with E-state index in [2.05, 4.69) is 22.6 Å². The maximum atomic E-state index is 11.8. The van der Waals surface area contributed by atoms with E-state index in [-0.39, 0.29) is 11.7 Å². The number of alkyl halides is 1. The van der Waals surface area contributed by atoms with Crippen molar-refractivity contribution in [2.45, 2.75) is 13.8 Å². The van der Waals surface area contributed by atoms with Gasteiger partial charge in [0.15, 0.2) is 5.78 Å². The van der Waals surface area contributed by atoms with Crippen LogP contribution in [0.5, 0.6) is 0 Å². The van der Waals surface area contributed by atoms with Crippen LogP contribution in [-0.2, 0) is 0 Å². The predicted molar refractivity (Wildman–Crippen MR) is 88.0 cm³/mol. The van der Waals surface area contributed by atoms with Crippen molar-refractivity contribution in [2.75, 3.05) is 5.88 Å². The van der Waals surface area contributed by atoms with Crippen molar-refractivity contribution >= 4 is 51.6 Å². The molecule has 0 N–H and O–H groups in total. The first-order valence-corrected chi connectivity index (χ1v) is 7.68. The zero-order chi connectivity index (χ0) is 14.2. The standard InChI is InChI=1S/C14H12Cl2INO/c1-8-5-11(14(19)7-15)9(2)18(8)13-4-3-10(17)6-12(13)16/h3-6H,7H2,1-2H3. The molecule has 2 nitrogen and oxygen atoms in total. The summed E-state index contributed by atoms with van der Waals surface area (Å²) < 4.78 is 3.06. The third-order valence-electron chi connectivity index (χ3n) is 3.00. The molecule has 0 atom stereocenters. The topological polar surface area (TPSA) is 22.0 Å². The fourth-order valence-corrected chi connectivity index (χ4v) is 3.23. The van der Waals surface area contributed by atoms with Gasteiger partial charge in [-0.15, -0.1) is 11.6 Å². The molecule has 0 aliphatic carbocycles. The van der Waals surface area contributed by atoms with Gasteiger partial charge >= 0.3 is 0 Å². The van der Waals surface area contributed by atoms with Gasteiger partial charge in [0.05, 0.1) is 16.6 Å². The molecule has 0 amide bonds. The number of aryl methyl sites for hydroxylation is 1. The first kappa shape index (κ1) is 14.9. The van der Waals surface area contributed by atoms with Crippen molar-refractivity contribution in [1.29, 1.82) is 0 Å². The molecule has 0 radical (unpaired) electrons. The van der Waals surface area contributed by atoms with Gasteiger partial charge in [0.2, 0.25) is 0 Å². The van der Waals surface area contributed by atoms with E-state index in [1.54, 1.807) is 0 Å². The SMILES string of the molecule is Cc1cc(C(=O)CCl)c(C)n1-c1ccc(I)cc1Cl. The Morgan fingerprint density at radius 2 is 2.00 bits per heavy atom. The quantitative estimate of drug-likeness (QED) is 0.408. The van der Waals surface area contributed by atoms with Gasteiger partial charge in [0.25, 0.3) is 0 Å². The molecule has 2 aromatic rings. The van der Waals surface area contributed by atoms with Crippen LogP contribution >= 0.6 is 45.8 Å². The summed E-state index contributed by atoms with van der Waals surface area (Å²) in [7, 11) is 0. The second-order valence-corrected chi connectivity index (χ2v) is 6.19. The van der Waals surface area contributed by atoms with E-state index in [1.807, 2.05) is 42.7 Å². The molecule has 0 bridgehead atoms. The number of rotatable bonds is 3. The molecular weight excluding hydrogens is 396 g/mol. The fourth-order valence-electron chi connectivity index (χ4n) is 2.15. The van der Waals surface area contributed by atoms with Crippen LogP contribution in [0, 0.1) is 17.4 Å². The monoisotopic (exact) mass is 407 g/mol. The van der Waals surface area contributed by atoms with Crippen LogP contribution in [0.15, 0.2) is 24.3 Å². The summed E-state index contributed by atoms with van der Waals surface area (Å²) in [5.41, 5.74) is 3.37. The number of hydrogen-bond acceptors (Lipinski definition) is 1. The van der Waals surface area contributed by atoms with Crippen molar-refractivity contribution < 1.29 is 4.79 Å². The predicted octanol–water partition coefficient (Wildman–Crippen LogP) is 4.77. The minimum atomic E-state index is -0.0670. The zero-order valence-corrected chi connectivity index (χ0v) is 14.2. The Bertz CT molecular complexity index is 649. The number of aromatic nitrogens is 1. The summed E-state index contributed by atoms with van der Waals surface area (Å²) in [6, 6.07) is 7.70. The van der Waals surface area contributed by atoms with Gasteiger partial charge in [-0.05, 0) is 60.7 Å². The number of carbonyl (C=O) groups is 1. The molecule has 1 heterocycles. The van der Waals surface area contributed by atoms with E-state index in [9.17, 15) is 4.79 Å². The molecule has 1 aromatic carbocycles. The highest BCUT2D eigenvalue weighted by atomic mass is 127. The molecule has 0 saturated heterocycles. The Morgan fingerprint density at radius 3 is 2.58 bits per heavy atom. The maximum Gasteiger partial charge on any atom is 0.179 e. The van der Waals surface area contributed by atoms with E-state index in [0.29, 0.717) is 10.6 Å². The Labute approximate surface area is 135 Å². The fraction of sp³-hybridized carbons (Fsp3) is 0.214. The molecule has 19 heavy (non-hydrogen) atoms. The smallest absolute Gasteiger partial charge is 0.179 e. The van der Waals surface area contributed by atoms with E-state index in [4.69, 9.17) is 23.2 Å². The Kier molecular flexibility index (Phi) is 4.58. The molecule has 0 aliphatic heterocycles. The number of halogens is 3. The van der Waals surface area contributed by atoms with E-state index >= 15 is 0 Å². The Balaban J connectivity index is 2.63. The summed E-state index contributed by atoms with van der Waals surface area (Å²) in [5, 5.41) is 0.665. The van der Waals surface area contributed by atoms with Gasteiger partial charge in [-0.1, -0.05) is 11.6 Å². The lowest BCUT2D eigenvalue weighted by Crippen LogP contribution is -2.04. The van der Waals surface area contributed by atoms with Gasteiger partial charge in [-0.3, -0.25) is 4.79 Å². The van der Waals surface area contributed by atoms with Gasteiger partial charge in [0, 0.05) is 20.5 Å². The minimum absolute atomic E-state index is 0.00921. The van der Waals surface area contributed by atoms with Crippen LogP contribution < -0.4 is 0 Å². The second kappa shape index (κ2) is 5.85. The van der Waals surface area contributed by atoms with E-state index in [0.717, 1.165) is 20.6 Å². The average Bonchev–Trinajstić information content (AvgIpc) is 2.65. The summed E-state index contributed by atoms with van der Waals surface area (Å²) in [6.07, 6.45) is 0. The summed E-state index contributed by atoms with van der Waals surface area (Å²) in [6.45, 7) is 3.85. The van der Waals surface area contributed by atoms with Crippen molar-refractivity contribution in [3.8, 4) is 5.69 Å². The summed E-state index contributed by atoms with van der Waals surface area (Å²) in [4.78, 5) is 11.8. The molecule has 100 valence electrons. The molecule has 0 fully saturated rings. The van der Waals surface area contributed by atoms with Crippen LogP contribution in [0.3, 0.4) is 0 Å². The van der Waals surface area contributed by atoms with Gasteiger partial charge < -0.3 is 4.57 Å². The number of nitrogens with zero attached hydrogens (tertiary/aromatic N) is 1. The lowest BCUT2D eigenvalue weighted by Gasteiger charge is -2.12. The van der Waals surface area contributed by atoms with Gasteiger partial charge in [-0.2, -0.15) is 0 Å². The highest BCUT2D eigenvalue weighted by Crippen LogP contribution is 2.28. The van der Waals surface area contributed by atoms with Crippen LogP contribution in [0.2, 0.25) is 5.02 Å². The summed E-state index contributed by atoms with van der Waals surface area (Å²) >= 11 is 14.1. The number of ketones is 1. The third kappa shape index (κ3) is 2.83. The molecule has 0 aliphatic rings. The average molecular weight is 408 g/mol. The van der Waals surface area contributed by atoms with E-state index in [1.165, 1.54) is 0 Å². The molecule has 0 spiro atoms. The Morgan fingerprint density at radius 1 is 1.32 bits per heavy atom. The second-order valence-electron chi connectivity index (χ2n) is 4.27. The van der Waals surface area contributed by atoms with Gasteiger partial charge in [0.1, 0.15) is 0 Å². The zero-order valence-electron chi connectivity index (χ0n) is 10.5. The minimum Gasteiger partial charge on any atom is -0.316 e. The first-order chi connectivity index (χ1) is 8.95. The molecule has 2 rings (SSSR count).